The fraction of sp³-hybridized carbons (Fsp3) is 0.200. The topological polar surface area (TPSA) is 39.9 Å². The highest BCUT2D eigenvalue weighted by molar-refractivity contribution is 6.31. The van der Waals surface area contributed by atoms with Crippen LogP contribution in [-0.2, 0) is 6.42 Å². The van der Waals surface area contributed by atoms with Crippen LogP contribution < -0.4 is 4.74 Å². The van der Waals surface area contributed by atoms with Gasteiger partial charge in [0.2, 0.25) is 18.3 Å². The predicted molar refractivity (Wildman–Crippen MR) is 80.1 cm³/mol. The summed E-state index contributed by atoms with van der Waals surface area (Å²) < 4.78 is 45.8. The Hall–Kier alpha value is -2.28. The summed E-state index contributed by atoms with van der Waals surface area (Å²) in [6, 6.07) is 4.80. The van der Waals surface area contributed by atoms with Gasteiger partial charge >= 0.3 is 0 Å². The number of alkyl halides is 2. The molecule has 2 aromatic heterocycles. The highest BCUT2D eigenvalue weighted by atomic mass is 35.5. The Labute approximate surface area is 134 Å². The molecule has 0 aliphatic rings. The van der Waals surface area contributed by atoms with Crippen molar-refractivity contribution in [3.05, 3.63) is 47.0 Å². The summed E-state index contributed by atoms with van der Waals surface area (Å²) >= 11 is 5.81. The van der Waals surface area contributed by atoms with Crippen molar-refractivity contribution in [1.29, 1.82) is 0 Å². The van der Waals surface area contributed by atoms with Gasteiger partial charge in [-0.25, -0.2) is 18.2 Å². The van der Waals surface area contributed by atoms with Gasteiger partial charge in [0.1, 0.15) is 0 Å². The lowest BCUT2D eigenvalue weighted by atomic mass is 10.2. The third-order valence-corrected chi connectivity index (χ3v) is 3.63. The van der Waals surface area contributed by atoms with E-state index in [1.165, 1.54) is 23.9 Å². The number of hydrogen-bond acceptors (Lipinski definition) is 3. The molecule has 0 saturated carbocycles. The number of rotatable bonds is 4. The molecule has 0 N–H and O–H groups in total. The van der Waals surface area contributed by atoms with E-state index in [0.29, 0.717) is 5.39 Å². The van der Waals surface area contributed by atoms with Crippen molar-refractivity contribution >= 4 is 22.5 Å². The number of aromatic nitrogens is 3. The maximum atomic E-state index is 14.3. The Balaban J connectivity index is 2.14. The maximum absolute atomic E-state index is 14.3. The molecule has 0 radical (unpaired) electrons. The molecule has 0 saturated heterocycles. The molecule has 8 heteroatoms. The van der Waals surface area contributed by atoms with Crippen LogP contribution in [0.5, 0.6) is 5.88 Å². The zero-order valence-corrected chi connectivity index (χ0v) is 12.7. The van der Waals surface area contributed by atoms with Crippen molar-refractivity contribution in [2.75, 3.05) is 7.11 Å². The van der Waals surface area contributed by atoms with Gasteiger partial charge in [0.25, 0.3) is 0 Å². The first kappa shape index (κ1) is 15.6. The normalized spacial score (nSPS) is 11.4. The van der Waals surface area contributed by atoms with Crippen molar-refractivity contribution in [2.45, 2.75) is 12.8 Å². The molecule has 2 heterocycles. The van der Waals surface area contributed by atoms with E-state index in [0.717, 1.165) is 0 Å². The SMILES string of the molecule is COc1nc(-n2ccc3ccc(Cl)c(F)c32)ncc1CC(F)F. The Kier molecular flexibility index (Phi) is 4.12. The second kappa shape index (κ2) is 6.08. The van der Waals surface area contributed by atoms with Crippen LogP contribution in [0.15, 0.2) is 30.6 Å². The summed E-state index contributed by atoms with van der Waals surface area (Å²) in [5.41, 5.74) is 0.391. The summed E-state index contributed by atoms with van der Waals surface area (Å²) in [7, 11) is 1.33. The molecule has 120 valence electrons. The van der Waals surface area contributed by atoms with Crippen molar-refractivity contribution in [3.8, 4) is 11.8 Å². The number of ether oxygens (including phenoxy) is 1. The largest absolute Gasteiger partial charge is 0.481 e. The Morgan fingerprint density at radius 2 is 2.09 bits per heavy atom. The molecule has 0 bridgehead atoms. The van der Waals surface area contributed by atoms with Crippen molar-refractivity contribution in [2.24, 2.45) is 0 Å². The lowest BCUT2D eigenvalue weighted by Gasteiger charge is -2.10. The maximum Gasteiger partial charge on any atom is 0.242 e. The van der Waals surface area contributed by atoms with E-state index in [1.54, 1.807) is 18.3 Å². The van der Waals surface area contributed by atoms with Crippen LogP contribution in [0.4, 0.5) is 13.2 Å². The van der Waals surface area contributed by atoms with Gasteiger partial charge < -0.3 is 4.74 Å². The fourth-order valence-electron chi connectivity index (χ4n) is 2.31. The van der Waals surface area contributed by atoms with Crippen molar-refractivity contribution in [3.63, 3.8) is 0 Å². The van der Waals surface area contributed by atoms with Gasteiger partial charge in [-0.3, -0.25) is 4.57 Å². The van der Waals surface area contributed by atoms with Crippen LogP contribution in [0.1, 0.15) is 5.56 Å². The average Bonchev–Trinajstić information content (AvgIpc) is 2.95. The van der Waals surface area contributed by atoms with Crippen LogP contribution >= 0.6 is 11.6 Å². The summed E-state index contributed by atoms with van der Waals surface area (Å²) in [6.07, 6.45) is -0.231. The van der Waals surface area contributed by atoms with Gasteiger partial charge in [-0.1, -0.05) is 17.7 Å². The van der Waals surface area contributed by atoms with Gasteiger partial charge in [-0.15, -0.1) is 0 Å². The highest BCUT2D eigenvalue weighted by Crippen LogP contribution is 2.28. The summed E-state index contributed by atoms with van der Waals surface area (Å²) in [4.78, 5) is 8.13. The molecule has 0 aliphatic heterocycles. The highest BCUT2D eigenvalue weighted by Gasteiger charge is 2.17. The third kappa shape index (κ3) is 2.84. The number of halogens is 4. The minimum absolute atomic E-state index is 0.0274. The van der Waals surface area contributed by atoms with E-state index in [-0.39, 0.29) is 27.9 Å². The van der Waals surface area contributed by atoms with Gasteiger partial charge in [0.05, 0.1) is 17.6 Å². The molecule has 0 amide bonds. The second-order valence-electron chi connectivity index (χ2n) is 4.78. The van der Waals surface area contributed by atoms with E-state index in [2.05, 4.69) is 9.97 Å². The predicted octanol–water partition coefficient (Wildman–Crippen LogP) is 4.03. The minimum Gasteiger partial charge on any atom is -0.481 e. The van der Waals surface area contributed by atoms with E-state index in [9.17, 15) is 13.2 Å². The molecular formula is C15H11ClF3N3O. The molecule has 3 aromatic rings. The minimum atomic E-state index is -2.54. The number of benzene rings is 1. The van der Waals surface area contributed by atoms with Crippen LogP contribution in [0.2, 0.25) is 5.02 Å². The smallest absolute Gasteiger partial charge is 0.242 e. The molecule has 23 heavy (non-hydrogen) atoms. The quantitative estimate of drug-likeness (QED) is 0.719. The number of methoxy groups -OCH3 is 1. The molecule has 0 spiro atoms. The summed E-state index contributed by atoms with van der Waals surface area (Å²) in [6.45, 7) is 0. The molecule has 0 aliphatic carbocycles. The molecule has 1 aromatic carbocycles. The van der Waals surface area contributed by atoms with Crippen molar-refractivity contribution < 1.29 is 17.9 Å². The average molecular weight is 342 g/mol. The Morgan fingerprint density at radius 1 is 1.30 bits per heavy atom. The summed E-state index contributed by atoms with van der Waals surface area (Å²) in [5, 5.41) is 0.588. The van der Waals surface area contributed by atoms with Crippen LogP contribution in [0.25, 0.3) is 16.9 Å². The first-order valence-electron chi connectivity index (χ1n) is 6.64. The van der Waals surface area contributed by atoms with E-state index in [1.807, 2.05) is 0 Å². The van der Waals surface area contributed by atoms with Crippen LogP contribution in [0.3, 0.4) is 0 Å². The zero-order valence-electron chi connectivity index (χ0n) is 11.9. The Morgan fingerprint density at radius 3 is 2.78 bits per heavy atom. The Bertz CT molecular complexity index is 867. The molecule has 0 atom stereocenters. The van der Waals surface area contributed by atoms with Gasteiger partial charge in [-0.2, -0.15) is 4.98 Å². The third-order valence-electron chi connectivity index (χ3n) is 3.34. The molecular weight excluding hydrogens is 331 g/mol. The van der Waals surface area contributed by atoms with Crippen LogP contribution in [-0.4, -0.2) is 28.1 Å². The monoisotopic (exact) mass is 341 g/mol. The van der Waals surface area contributed by atoms with Crippen molar-refractivity contribution in [1.82, 2.24) is 14.5 Å². The van der Waals surface area contributed by atoms with Gasteiger partial charge in [-0.05, 0) is 12.1 Å². The number of fused-ring (bicyclic) bond motifs is 1. The van der Waals surface area contributed by atoms with Gasteiger partial charge in [0.15, 0.2) is 5.82 Å². The summed E-state index contributed by atoms with van der Waals surface area (Å²) in [5.74, 6) is -0.469. The van der Waals surface area contributed by atoms with E-state index in [4.69, 9.17) is 16.3 Å². The zero-order chi connectivity index (χ0) is 16.6. The van der Waals surface area contributed by atoms with Gasteiger partial charge in [0, 0.05) is 29.8 Å². The fourth-order valence-corrected chi connectivity index (χ4v) is 2.46. The molecule has 4 nitrogen and oxygen atoms in total. The molecule has 3 rings (SSSR count). The second-order valence-corrected chi connectivity index (χ2v) is 5.19. The molecule has 0 unspecified atom stereocenters. The first-order chi connectivity index (χ1) is 11.0. The van der Waals surface area contributed by atoms with E-state index >= 15 is 0 Å². The number of hydrogen-bond donors (Lipinski definition) is 0. The molecule has 0 fully saturated rings. The van der Waals surface area contributed by atoms with Crippen LogP contribution in [0, 0.1) is 5.82 Å². The van der Waals surface area contributed by atoms with E-state index < -0.39 is 18.7 Å². The lowest BCUT2D eigenvalue weighted by Crippen LogP contribution is -2.07. The number of nitrogens with zero attached hydrogens (tertiary/aromatic N) is 3. The lowest BCUT2D eigenvalue weighted by molar-refractivity contribution is 0.147. The first-order valence-corrected chi connectivity index (χ1v) is 7.02. The standard InChI is InChI=1S/C15H11ClF3N3O/c1-23-14-9(6-11(17)18)7-20-15(21-14)22-5-4-8-2-3-10(16)12(19)13(8)22/h2-5,7,11H,6H2,1H3.